The number of nitro groups is 1. The van der Waals surface area contributed by atoms with Crippen LogP contribution in [0.5, 0.6) is 5.75 Å². The number of nitrogens with zero attached hydrogens (tertiary/aromatic N) is 3. The summed E-state index contributed by atoms with van der Waals surface area (Å²) in [5.41, 5.74) is 0.626. The van der Waals surface area contributed by atoms with Crippen molar-refractivity contribution in [2.75, 3.05) is 51.3 Å². The number of rotatable bonds is 5. The Labute approximate surface area is 123 Å². The lowest BCUT2D eigenvalue weighted by Crippen LogP contribution is -2.32. The average Bonchev–Trinajstić information content (AvgIpc) is 2.72. The molecular formula is C14H21N3O4. The van der Waals surface area contributed by atoms with Gasteiger partial charge in [0.2, 0.25) is 0 Å². The maximum Gasteiger partial charge on any atom is 0.333 e. The first-order valence-electron chi connectivity index (χ1n) is 7.07. The van der Waals surface area contributed by atoms with Crippen LogP contribution in [0, 0.1) is 10.1 Å². The van der Waals surface area contributed by atoms with Crippen LogP contribution in [0.2, 0.25) is 0 Å². The lowest BCUT2D eigenvalue weighted by molar-refractivity contribution is -0.385. The summed E-state index contributed by atoms with van der Waals surface area (Å²) in [5.74, 6) is 0.286. The van der Waals surface area contributed by atoms with Gasteiger partial charge in [0, 0.05) is 26.2 Å². The zero-order valence-electron chi connectivity index (χ0n) is 12.2. The van der Waals surface area contributed by atoms with Gasteiger partial charge in [-0.15, -0.1) is 0 Å². The first kappa shape index (κ1) is 15.5. The van der Waals surface area contributed by atoms with Gasteiger partial charge in [0.05, 0.1) is 18.6 Å². The van der Waals surface area contributed by atoms with Crippen molar-refractivity contribution in [2.24, 2.45) is 0 Å². The maximum absolute atomic E-state index is 11.4. The van der Waals surface area contributed by atoms with Crippen LogP contribution in [-0.2, 0) is 0 Å². The summed E-state index contributed by atoms with van der Waals surface area (Å²) < 4.78 is 5.12. The molecule has 0 atom stereocenters. The summed E-state index contributed by atoms with van der Waals surface area (Å²) in [6.45, 7) is 3.93. The standard InChI is InChI=1S/C14H21N3O4/c1-21-13-5-2-4-12(14(13)17(19)20)16-7-3-6-15(8-9-16)10-11-18/h2,4-5,18H,3,6-11H2,1H3. The molecule has 21 heavy (non-hydrogen) atoms. The molecule has 0 aromatic heterocycles. The molecule has 0 saturated carbocycles. The Kier molecular flexibility index (Phi) is 5.35. The van der Waals surface area contributed by atoms with E-state index in [1.165, 1.54) is 7.11 Å². The van der Waals surface area contributed by atoms with Crippen LogP contribution in [0.4, 0.5) is 11.4 Å². The quantitative estimate of drug-likeness (QED) is 0.647. The van der Waals surface area contributed by atoms with Gasteiger partial charge in [-0.25, -0.2) is 0 Å². The molecule has 2 rings (SSSR count). The van der Waals surface area contributed by atoms with Gasteiger partial charge in [-0.2, -0.15) is 0 Å². The molecule has 7 heteroatoms. The number of aliphatic hydroxyl groups excluding tert-OH is 1. The molecular weight excluding hydrogens is 274 g/mol. The molecule has 7 nitrogen and oxygen atoms in total. The Morgan fingerprint density at radius 1 is 1.33 bits per heavy atom. The number of para-hydroxylation sites is 1. The average molecular weight is 295 g/mol. The summed E-state index contributed by atoms with van der Waals surface area (Å²) in [7, 11) is 1.44. The van der Waals surface area contributed by atoms with Gasteiger partial charge in [-0.05, 0) is 25.1 Å². The molecule has 1 heterocycles. The topological polar surface area (TPSA) is 79.1 Å². The monoisotopic (exact) mass is 295 g/mol. The normalized spacial score (nSPS) is 16.6. The molecule has 0 bridgehead atoms. The van der Waals surface area contributed by atoms with Gasteiger partial charge < -0.3 is 14.7 Å². The van der Waals surface area contributed by atoms with E-state index >= 15 is 0 Å². The number of ether oxygens (including phenoxy) is 1. The van der Waals surface area contributed by atoms with Crippen LogP contribution < -0.4 is 9.64 Å². The van der Waals surface area contributed by atoms with Gasteiger partial charge in [-0.1, -0.05) is 6.07 Å². The van der Waals surface area contributed by atoms with E-state index in [-0.39, 0.29) is 23.0 Å². The fraction of sp³-hybridized carbons (Fsp3) is 0.571. The highest BCUT2D eigenvalue weighted by molar-refractivity contribution is 5.69. The zero-order valence-corrected chi connectivity index (χ0v) is 12.2. The molecule has 0 amide bonds. The molecule has 116 valence electrons. The smallest absolute Gasteiger partial charge is 0.333 e. The van der Waals surface area contributed by atoms with Gasteiger partial charge in [0.25, 0.3) is 0 Å². The van der Waals surface area contributed by atoms with E-state index in [4.69, 9.17) is 9.84 Å². The second-order valence-electron chi connectivity index (χ2n) is 4.99. The molecule has 0 aliphatic carbocycles. The molecule has 1 aliphatic heterocycles. The van der Waals surface area contributed by atoms with E-state index in [9.17, 15) is 10.1 Å². The minimum atomic E-state index is -0.384. The highest BCUT2D eigenvalue weighted by Gasteiger charge is 2.25. The van der Waals surface area contributed by atoms with Crippen LogP contribution in [0.1, 0.15) is 6.42 Å². The Hall–Kier alpha value is -1.86. The predicted molar refractivity (Wildman–Crippen MR) is 80.0 cm³/mol. The number of aliphatic hydroxyl groups is 1. The van der Waals surface area contributed by atoms with Crippen molar-refractivity contribution < 1.29 is 14.8 Å². The van der Waals surface area contributed by atoms with E-state index in [1.807, 2.05) is 4.90 Å². The number of nitro benzene ring substituents is 1. The Morgan fingerprint density at radius 2 is 2.14 bits per heavy atom. The Balaban J connectivity index is 2.23. The minimum Gasteiger partial charge on any atom is -0.490 e. The SMILES string of the molecule is COc1cccc(N2CCCN(CCO)CC2)c1[N+](=O)[O-]. The van der Waals surface area contributed by atoms with Crippen LogP contribution in [0.3, 0.4) is 0 Å². The summed E-state index contributed by atoms with van der Waals surface area (Å²) in [4.78, 5) is 15.2. The Morgan fingerprint density at radius 3 is 2.81 bits per heavy atom. The second-order valence-corrected chi connectivity index (χ2v) is 4.99. The molecule has 1 aromatic rings. The number of β-amino-alcohol motifs (C(OH)–C–C–N with tert-alkyl or cyclic N) is 1. The van der Waals surface area contributed by atoms with Gasteiger partial charge in [0.15, 0.2) is 5.75 Å². The van der Waals surface area contributed by atoms with Crippen molar-refractivity contribution in [3.05, 3.63) is 28.3 Å². The van der Waals surface area contributed by atoms with E-state index in [0.717, 1.165) is 26.1 Å². The van der Waals surface area contributed by atoms with Gasteiger partial charge in [0.1, 0.15) is 5.69 Å². The second kappa shape index (κ2) is 7.24. The molecule has 0 radical (unpaired) electrons. The lowest BCUT2D eigenvalue weighted by atomic mass is 10.2. The molecule has 1 fully saturated rings. The fourth-order valence-electron chi connectivity index (χ4n) is 2.69. The molecule has 0 spiro atoms. The van der Waals surface area contributed by atoms with Crippen molar-refractivity contribution in [1.29, 1.82) is 0 Å². The van der Waals surface area contributed by atoms with Gasteiger partial charge in [-0.3, -0.25) is 15.0 Å². The van der Waals surface area contributed by atoms with E-state index in [1.54, 1.807) is 18.2 Å². The van der Waals surface area contributed by atoms with Crippen LogP contribution in [0.25, 0.3) is 0 Å². The fourth-order valence-corrected chi connectivity index (χ4v) is 2.69. The Bertz CT molecular complexity index is 495. The molecule has 1 aliphatic rings. The van der Waals surface area contributed by atoms with Crippen molar-refractivity contribution in [2.45, 2.75) is 6.42 Å². The van der Waals surface area contributed by atoms with E-state index in [0.29, 0.717) is 18.8 Å². The van der Waals surface area contributed by atoms with Gasteiger partial charge >= 0.3 is 5.69 Å². The highest BCUT2D eigenvalue weighted by Crippen LogP contribution is 2.37. The number of methoxy groups -OCH3 is 1. The highest BCUT2D eigenvalue weighted by atomic mass is 16.6. The number of anilines is 1. The third kappa shape index (κ3) is 3.62. The third-order valence-corrected chi connectivity index (χ3v) is 3.73. The minimum absolute atomic E-state index is 0.0237. The van der Waals surface area contributed by atoms with Crippen molar-refractivity contribution in [1.82, 2.24) is 4.90 Å². The van der Waals surface area contributed by atoms with Crippen molar-refractivity contribution >= 4 is 11.4 Å². The van der Waals surface area contributed by atoms with E-state index < -0.39 is 0 Å². The summed E-state index contributed by atoms with van der Waals surface area (Å²) >= 11 is 0. The first-order valence-corrected chi connectivity index (χ1v) is 7.07. The molecule has 1 aromatic carbocycles. The van der Waals surface area contributed by atoms with Crippen molar-refractivity contribution in [3.8, 4) is 5.75 Å². The molecule has 1 N–H and O–H groups in total. The van der Waals surface area contributed by atoms with E-state index in [2.05, 4.69) is 4.90 Å². The largest absolute Gasteiger partial charge is 0.490 e. The van der Waals surface area contributed by atoms with Crippen molar-refractivity contribution in [3.63, 3.8) is 0 Å². The molecule has 1 saturated heterocycles. The number of benzene rings is 1. The first-order chi connectivity index (χ1) is 10.2. The summed E-state index contributed by atoms with van der Waals surface area (Å²) in [5, 5.41) is 20.4. The third-order valence-electron chi connectivity index (χ3n) is 3.73. The number of hydrogen-bond acceptors (Lipinski definition) is 6. The predicted octanol–water partition coefficient (Wildman–Crippen LogP) is 1.11. The van der Waals surface area contributed by atoms with Crippen LogP contribution in [0.15, 0.2) is 18.2 Å². The van der Waals surface area contributed by atoms with Crippen LogP contribution >= 0.6 is 0 Å². The summed E-state index contributed by atoms with van der Waals surface area (Å²) in [6, 6.07) is 5.15. The summed E-state index contributed by atoms with van der Waals surface area (Å²) in [6.07, 6.45) is 0.911. The maximum atomic E-state index is 11.4. The number of hydrogen-bond donors (Lipinski definition) is 1. The van der Waals surface area contributed by atoms with Crippen LogP contribution in [-0.4, -0.2) is 61.4 Å². The lowest BCUT2D eigenvalue weighted by Gasteiger charge is -2.23. The molecule has 0 unspecified atom stereocenters. The zero-order chi connectivity index (χ0) is 15.2.